The molecule has 1 aliphatic rings. The Morgan fingerprint density at radius 2 is 1.89 bits per heavy atom. The molecule has 0 aliphatic carbocycles. The first-order valence-corrected chi connectivity index (χ1v) is 11.0. The maximum atomic E-state index is 12.6. The van der Waals surface area contributed by atoms with E-state index >= 15 is 0 Å². The third kappa shape index (κ3) is 4.11. The molecule has 1 aliphatic heterocycles. The summed E-state index contributed by atoms with van der Waals surface area (Å²) < 4.78 is 1.82. The average molecular weight is 467 g/mol. The number of nitrogen functional groups attached to an aromatic ring is 1. The lowest BCUT2D eigenvalue weighted by Gasteiger charge is -2.26. The van der Waals surface area contributed by atoms with Crippen LogP contribution in [0.1, 0.15) is 23.7 Å². The van der Waals surface area contributed by atoms with E-state index < -0.39 is 0 Å². The van der Waals surface area contributed by atoms with Crippen molar-refractivity contribution >= 4 is 34.9 Å². The highest BCUT2D eigenvalue weighted by Gasteiger charge is 2.30. The molecule has 0 bridgehead atoms. The summed E-state index contributed by atoms with van der Waals surface area (Å²) in [6, 6.07) is 12.3. The minimum atomic E-state index is -0.284. The van der Waals surface area contributed by atoms with E-state index in [0.29, 0.717) is 47.4 Å². The topological polar surface area (TPSA) is 122 Å². The Morgan fingerprint density at radius 3 is 2.63 bits per heavy atom. The number of nitrogens with zero attached hydrogens (tertiary/aromatic N) is 6. The first kappa shape index (κ1) is 21.9. The number of pyridine rings is 1. The van der Waals surface area contributed by atoms with E-state index in [4.69, 9.17) is 10.7 Å². The molecule has 2 amide bonds. The van der Waals surface area contributed by atoms with Crippen molar-refractivity contribution in [3.63, 3.8) is 0 Å². The number of anilines is 3. The van der Waals surface area contributed by atoms with Crippen LogP contribution < -0.4 is 16.1 Å². The van der Waals surface area contributed by atoms with Gasteiger partial charge in [0.2, 0.25) is 5.95 Å². The molecule has 10 heteroatoms. The second-order valence-electron chi connectivity index (χ2n) is 7.82. The fourth-order valence-corrected chi connectivity index (χ4v) is 4.04. The first-order valence-electron chi connectivity index (χ1n) is 11.0. The van der Waals surface area contributed by atoms with Gasteiger partial charge in [-0.2, -0.15) is 0 Å². The predicted molar refractivity (Wildman–Crippen MR) is 132 cm³/mol. The SMILES string of the molecule is CC#CC(=O)N1CCCN1c1nc(-c2ccc(C(=O)Nc3ccccn3)cc2)c2c(N)nccn12. The van der Waals surface area contributed by atoms with Crippen molar-refractivity contribution in [1.29, 1.82) is 0 Å². The number of nitrogens with one attached hydrogen (secondary N) is 1. The summed E-state index contributed by atoms with van der Waals surface area (Å²) in [4.78, 5) is 38.3. The number of hydrogen-bond acceptors (Lipinski definition) is 7. The van der Waals surface area contributed by atoms with Gasteiger partial charge in [-0.05, 0) is 43.5 Å². The van der Waals surface area contributed by atoms with E-state index in [1.165, 1.54) is 0 Å². The fourth-order valence-electron chi connectivity index (χ4n) is 4.04. The minimum absolute atomic E-state index is 0.268. The van der Waals surface area contributed by atoms with Crippen molar-refractivity contribution in [2.45, 2.75) is 13.3 Å². The van der Waals surface area contributed by atoms with Gasteiger partial charge < -0.3 is 11.1 Å². The number of hydrogen-bond donors (Lipinski definition) is 2. The normalized spacial score (nSPS) is 12.9. The third-order valence-corrected chi connectivity index (χ3v) is 5.62. The molecule has 0 atom stereocenters. The van der Waals surface area contributed by atoms with Crippen LogP contribution >= 0.6 is 0 Å². The molecule has 35 heavy (non-hydrogen) atoms. The monoisotopic (exact) mass is 466 g/mol. The van der Waals surface area contributed by atoms with Crippen LogP contribution in [0.3, 0.4) is 0 Å². The molecule has 174 valence electrons. The van der Waals surface area contributed by atoms with Gasteiger partial charge in [0.15, 0.2) is 0 Å². The molecule has 0 unspecified atom stereocenters. The highest BCUT2D eigenvalue weighted by molar-refractivity contribution is 6.04. The van der Waals surface area contributed by atoms with Crippen LogP contribution in [0.2, 0.25) is 0 Å². The lowest BCUT2D eigenvalue weighted by Crippen LogP contribution is -2.41. The van der Waals surface area contributed by atoms with Crippen LogP contribution in [0.15, 0.2) is 61.1 Å². The molecule has 10 nitrogen and oxygen atoms in total. The lowest BCUT2D eigenvalue weighted by atomic mass is 10.1. The van der Waals surface area contributed by atoms with Gasteiger partial charge in [-0.25, -0.2) is 25.0 Å². The van der Waals surface area contributed by atoms with Crippen LogP contribution in [-0.2, 0) is 4.79 Å². The van der Waals surface area contributed by atoms with E-state index in [-0.39, 0.29) is 11.8 Å². The number of aromatic nitrogens is 4. The number of imidazole rings is 1. The largest absolute Gasteiger partial charge is 0.382 e. The van der Waals surface area contributed by atoms with Gasteiger partial charge in [-0.3, -0.25) is 14.0 Å². The Balaban J connectivity index is 1.51. The second-order valence-corrected chi connectivity index (χ2v) is 7.82. The lowest BCUT2D eigenvalue weighted by molar-refractivity contribution is -0.124. The van der Waals surface area contributed by atoms with Gasteiger partial charge in [0.1, 0.15) is 22.8 Å². The number of rotatable bonds is 4. The van der Waals surface area contributed by atoms with Crippen molar-refractivity contribution in [1.82, 2.24) is 24.4 Å². The first-order chi connectivity index (χ1) is 17.1. The molecule has 1 fully saturated rings. The standard InChI is InChI=1S/C25H22N8O2/c1-2-6-20(34)32-14-5-15-33(32)25-30-21(22-23(26)28-13-16-31(22)25)17-8-10-18(11-9-17)24(35)29-19-7-3-4-12-27-19/h3-4,7-13,16H,5,14-15H2,1H3,(H2,26,28)(H,27,29,35). The molecule has 3 N–H and O–H groups in total. The number of carbonyl (C=O) groups excluding carboxylic acids is 2. The molecule has 0 radical (unpaired) electrons. The molecule has 1 aromatic carbocycles. The molecule has 1 saturated heterocycles. The molecule has 3 aromatic heterocycles. The van der Waals surface area contributed by atoms with Crippen molar-refractivity contribution < 1.29 is 9.59 Å². The molecule has 0 saturated carbocycles. The summed E-state index contributed by atoms with van der Waals surface area (Å²) in [5.74, 6) is 6.04. The fraction of sp³-hybridized carbons (Fsp3) is 0.160. The van der Waals surface area contributed by atoms with E-state index in [1.54, 1.807) is 73.0 Å². The Bertz CT molecular complexity index is 1470. The van der Waals surface area contributed by atoms with Crippen molar-refractivity contribution in [3.8, 4) is 23.1 Å². The van der Waals surface area contributed by atoms with Crippen molar-refractivity contribution in [2.24, 2.45) is 0 Å². The molecular weight excluding hydrogens is 444 g/mol. The van der Waals surface area contributed by atoms with Gasteiger partial charge in [-0.1, -0.05) is 24.1 Å². The Morgan fingerprint density at radius 1 is 1.06 bits per heavy atom. The van der Waals surface area contributed by atoms with Crippen LogP contribution in [-0.4, -0.2) is 49.3 Å². The zero-order valence-electron chi connectivity index (χ0n) is 19.0. The summed E-state index contributed by atoms with van der Waals surface area (Å²) in [5, 5.41) is 6.18. The second kappa shape index (κ2) is 9.15. The van der Waals surface area contributed by atoms with Crippen LogP contribution in [0.4, 0.5) is 17.6 Å². The van der Waals surface area contributed by atoms with Crippen LogP contribution in [0.5, 0.6) is 0 Å². The van der Waals surface area contributed by atoms with Gasteiger partial charge >= 0.3 is 5.91 Å². The summed E-state index contributed by atoms with van der Waals surface area (Å²) in [5.41, 5.74) is 8.70. The number of hydrazine groups is 1. The predicted octanol–water partition coefficient (Wildman–Crippen LogP) is 2.60. The van der Waals surface area contributed by atoms with E-state index in [1.807, 2.05) is 9.41 Å². The zero-order chi connectivity index (χ0) is 24.4. The summed E-state index contributed by atoms with van der Waals surface area (Å²) >= 11 is 0. The molecule has 4 aromatic rings. The zero-order valence-corrected chi connectivity index (χ0v) is 19.0. The van der Waals surface area contributed by atoms with Gasteiger partial charge in [0.05, 0.1) is 0 Å². The summed E-state index contributed by atoms with van der Waals surface area (Å²) in [7, 11) is 0. The quantitative estimate of drug-likeness (QED) is 0.443. The minimum Gasteiger partial charge on any atom is -0.382 e. The maximum absolute atomic E-state index is 12.6. The Labute approximate surface area is 201 Å². The van der Waals surface area contributed by atoms with Crippen LogP contribution in [0.25, 0.3) is 16.8 Å². The van der Waals surface area contributed by atoms with Gasteiger partial charge in [0, 0.05) is 42.8 Å². The number of carbonyl (C=O) groups is 2. The molecule has 4 heterocycles. The maximum Gasteiger partial charge on any atom is 0.317 e. The van der Waals surface area contributed by atoms with Crippen molar-refractivity contribution in [3.05, 3.63) is 66.6 Å². The number of nitrogens with two attached hydrogens (primary N) is 1. The van der Waals surface area contributed by atoms with Gasteiger partial charge in [0.25, 0.3) is 5.91 Å². The summed E-state index contributed by atoms with van der Waals surface area (Å²) in [6.07, 6.45) is 5.76. The Kier molecular flexibility index (Phi) is 5.73. The average Bonchev–Trinajstić information content (AvgIpc) is 3.51. The Hall–Kier alpha value is -4.91. The smallest absolute Gasteiger partial charge is 0.317 e. The molecule has 0 spiro atoms. The number of benzene rings is 1. The van der Waals surface area contributed by atoms with E-state index in [2.05, 4.69) is 27.1 Å². The van der Waals surface area contributed by atoms with Crippen LogP contribution in [0, 0.1) is 11.8 Å². The number of fused-ring (bicyclic) bond motifs is 1. The van der Waals surface area contributed by atoms with E-state index in [9.17, 15) is 9.59 Å². The highest BCUT2D eigenvalue weighted by atomic mass is 16.2. The third-order valence-electron chi connectivity index (χ3n) is 5.62. The molecular formula is C25H22N8O2. The van der Waals surface area contributed by atoms with E-state index in [0.717, 1.165) is 12.0 Å². The highest BCUT2D eigenvalue weighted by Crippen LogP contribution is 2.33. The molecule has 5 rings (SSSR count). The van der Waals surface area contributed by atoms with Crippen molar-refractivity contribution in [2.75, 3.05) is 29.1 Å². The number of amides is 2. The van der Waals surface area contributed by atoms with Gasteiger partial charge in [-0.15, -0.1) is 0 Å². The summed E-state index contributed by atoms with van der Waals surface area (Å²) in [6.45, 7) is 2.80.